The SMILES string of the molecule is CCOc1nc(Cl)ccc1C1(N2CCN(c3ccnc(C)c3)CC2)C(=O)N(S(=O)(=O)c2ccc(OC)cc2OC)c2ccc(C#N)cc21. The van der Waals surface area contributed by atoms with Gasteiger partial charge in [-0.05, 0) is 68.4 Å². The van der Waals surface area contributed by atoms with Crippen LogP contribution in [0.1, 0.15) is 29.3 Å². The number of ether oxygens (including phenoxy) is 3. The molecule has 0 N–H and O–H groups in total. The number of halogens is 1. The third-order valence-electron chi connectivity index (χ3n) is 8.61. The number of amides is 1. The summed E-state index contributed by atoms with van der Waals surface area (Å²) >= 11 is 6.34. The van der Waals surface area contributed by atoms with Crippen molar-refractivity contribution < 1.29 is 27.4 Å². The van der Waals surface area contributed by atoms with Crippen LogP contribution in [0.4, 0.5) is 11.4 Å². The third kappa shape index (κ3) is 5.35. The maximum Gasteiger partial charge on any atom is 0.274 e. The zero-order chi connectivity index (χ0) is 34.2. The Morgan fingerprint density at radius 2 is 1.75 bits per heavy atom. The molecule has 0 radical (unpaired) electrons. The Hall–Kier alpha value is -4.90. The number of piperazine rings is 1. The second-order valence-electron chi connectivity index (χ2n) is 11.2. The highest BCUT2D eigenvalue weighted by Crippen LogP contribution is 2.53. The lowest BCUT2D eigenvalue weighted by Crippen LogP contribution is -2.60. The number of hydrogen-bond acceptors (Lipinski definition) is 11. The van der Waals surface area contributed by atoms with E-state index in [2.05, 4.69) is 20.9 Å². The summed E-state index contributed by atoms with van der Waals surface area (Å²) in [6.45, 7) is 5.61. The van der Waals surface area contributed by atoms with E-state index in [0.29, 0.717) is 43.1 Å². The summed E-state index contributed by atoms with van der Waals surface area (Å²) in [5.41, 5.74) is 1.05. The quantitative estimate of drug-likeness (QED) is 0.229. The summed E-state index contributed by atoms with van der Waals surface area (Å²) in [6, 6.07) is 18.1. The molecule has 0 spiro atoms. The average molecular weight is 689 g/mol. The van der Waals surface area contributed by atoms with Gasteiger partial charge in [0.15, 0.2) is 5.54 Å². The molecule has 0 saturated carbocycles. The molecule has 4 heterocycles. The summed E-state index contributed by atoms with van der Waals surface area (Å²) in [5.74, 6) is -0.314. The minimum absolute atomic E-state index is 0.000677. The lowest BCUT2D eigenvalue weighted by atomic mass is 9.81. The number of benzene rings is 2. The molecule has 48 heavy (non-hydrogen) atoms. The minimum atomic E-state index is -4.61. The smallest absolute Gasteiger partial charge is 0.274 e. The van der Waals surface area contributed by atoms with Gasteiger partial charge in [-0.2, -0.15) is 5.26 Å². The average Bonchev–Trinajstić information content (AvgIpc) is 3.36. The van der Waals surface area contributed by atoms with E-state index < -0.39 is 21.5 Å². The van der Waals surface area contributed by atoms with Crippen molar-refractivity contribution in [1.82, 2.24) is 14.9 Å². The minimum Gasteiger partial charge on any atom is -0.497 e. The maximum absolute atomic E-state index is 15.4. The number of pyridine rings is 2. The van der Waals surface area contributed by atoms with Gasteiger partial charge in [-0.25, -0.2) is 17.7 Å². The first-order chi connectivity index (χ1) is 23.1. The lowest BCUT2D eigenvalue weighted by Gasteiger charge is -2.45. The van der Waals surface area contributed by atoms with Gasteiger partial charge in [-0.3, -0.25) is 14.7 Å². The molecule has 2 aromatic carbocycles. The Morgan fingerprint density at radius 3 is 2.42 bits per heavy atom. The molecule has 1 fully saturated rings. The number of nitriles is 1. The molecule has 1 saturated heterocycles. The highest BCUT2D eigenvalue weighted by molar-refractivity contribution is 7.93. The van der Waals surface area contributed by atoms with Crippen molar-refractivity contribution in [2.75, 3.05) is 56.2 Å². The van der Waals surface area contributed by atoms with Crippen LogP contribution in [0.3, 0.4) is 0 Å². The number of methoxy groups -OCH3 is 2. The van der Waals surface area contributed by atoms with Gasteiger partial charge in [0, 0.05) is 61.0 Å². The number of anilines is 2. The number of aromatic nitrogens is 2. The highest BCUT2D eigenvalue weighted by Gasteiger charge is 2.61. The van der Waals surface area contributed by atoms with Crippen molar-refractivity contribution in [1.29, 1.82) is 5.26 Å². The molecule has 1 atom stereocenters. The zero-order valence-corrected chi connectivity index (χ0v) is 28.4. The van der Waals surface area contributed by atoms with Crippen molar-refractivity contribution >= 4 is 38.9 Å². The van der Waals surface area contributed by atoms with Crippen LogP contribution in [0, 0.1) is 18.3 Å². The molecule has 1 amide bonds. The molecular formula is C34H33ClN6O6S. The second-order valence-corrected chi connectivity index (χ2v) is 13.3. The first-order valence-corrected chi connectivity index (χ1v) is 17.0. The molecule has 2 aliphatic heterocycles. The predicted octanol–water partition coefficient (Wildman–Crippen LogP) is 4.53. The Morgan fingerprint density at radius 1 is 0.979 bits per heavy atom. The topological polar surface area (TPSA) is 138 Å². The largest absolute Gasteiger partial charge is 0.497 e. The van der Waals surface area contributed by atoms with E-state index in [1.807, 2.05) is 24.0 Å². The van der Waals surface area contributed by atoms with Crippen LogP contribution in [-0.4, -0.2) is 76.2 Å². The summed E-state index contributed by atoms with van der Waals surface area (Å²) in [6.07, 6.45) is 1.75. The van der Waals surface area contributed by atoms with Gasteiger partial charge in [0.05, 0.1) is 38.1 Å². The van der Waals surface area contributed by atoms with Crippen LogP contribution in [0.5, 0.6) is 17.4 Å². The highest BCUT2D eigenvalue weighted by atomic mass is 35.5. The zero-order valence-electron chi connectivity index (χ0n) is 26.8. The summed E-state index contributed by atoms with van der Waals surface area (Å²) in [5, 5.41) is 10.1. The standard InChI is InChI=1S/C34H33ClN6O6S/c1-5-47-32-26(8-11-31(35)38-32)34(40-16-14-39(15-17-40)24-12-13-37-22(2)18-24)27-19-23(21-36)6-9-28(27)41(33(34)42)48(43,44)30-10-7-25(45-3)20-29(30)46-4/h6-13,18-20H,5,14-17H2,1-4H3. The van der Waals surface area contributed by atoms with Crippen LogP contribution < -0.4 is 23.4 Å². The number of carbonyl (C=O) groups excluding carboxylic acids is 1. The fourth-order valence-corrected chi connectivity index (χ4v) is 8.21. The van der Waals surface area contributed by atoms with Gasteiger partial charge >= 0.3 is 0 Å². The van der Waals surface area contributed by atoms with Gasteiger partial charge < -0.3 is 19.1 Å². The monoisotopic (exact) mass is 688 g/mol. The molecular weight excluding hydrogens is 656 g/mol. The molecule has 2 aliphatic rings. The number of rotatable bonds is 9. The normalized spacial score (nSPS) is 18.0. The van der Waals surface area contributed by atoms with E-state index in [9.17, 15) is 13.7 Å². The number of sulfonamides is 1. The van der Waals surface area contributed by atoms with Crippen LogP contribution in [0.25, 0.3) is 0 Å². The van der Waals surface area contributed by atoms with E-state index in [4.69, 9.17) is 25.8 Å². The van der Waals surface area contributed by atoms with Gasteiger partial charge in [-0.1, -0.05) is 11.6 Å². The summed E-state index contributed by atoms with van der Waals surface area (Å²) in [7, 11) is -1.81. The van der Waals surface area contributed by atoms with Crippen molar-refractivity contribution in [2.45, 2.75) is 24.3 Å². The van der Waals surface area contributed by atoms with E-state index in [1.165, 1.54) is 44.6 Å². The van der Waals surface area contributed by atoms with Crippen LogP contribution in [-0.2, 0) is 20.4 Å². The summed E-state index contributed by atoms with van der Waals surface area (Å²) < 4.78 is 46.9. The Bertz CT molecular complexity index is 2050. The van der Waals surface area contributed by atoms with E-state index in [1.54, 1.807) is 31.3 Å². The Balaban J connectivity index is 1.59. The van der Waals surface area contributed by atoms with Crippen molar-refractivity contribution in [3.8, 4) is 23.4 Å². The number of aryl methyl sites for hydroxylation is 1. The van der Waals surface area contributed by atoms with Gasteiger partial charge in [0.1, 0.15) is 21.5 Å². The van der Waals surface area contributed by atoms with Crippen LogP contribution >= 0.6 is 11.6 Å². The molecule has 2 aromatic heterocycles. The van der Waals surface area contributed by atoms with E-state index in [0.717, 1.165) is 15.7 Å². The van der Waals surface area contributed by atoms with E-state index in [-0.39, 0.29) is 39.5 Å². The fraction of sp³-hybridized carbons (Fsp3) is 0.294. The fourth-order valence-electron chi connectivity index (χ4n) is 6.47. The maximum atomic E-state index is 15.4. The number of hydrogen-bond donors (Lipinski definition) is 0. The lowest BCUT2D eigenvalue weighted by molar-refractivity contribution is -0.127. The molecule has 4 aromatic rings. The molecule has 0 aliphatic carbocycles. The molecule has 1 unspecified atom stereocenters. The van der Waals surface area contributed by atoms with Gasteiger partial charge in [-0.15, -0.1) is 0 Å². The van der Waals surface area contributed by atoms with Crippen LogP contribution in [0.15, 0.2) is 71.8 Å². The first kappa shape index (κ1) is 33.0. The van der Waals surface area contributed by atoms with Crippen molar-refractivity contribution in [3.63, 3.8) is 0 Å². The number of nitrogens with zero attached hydrogens (tertiary/aromatic N) is 6. The third-order valence-corrected chi connectivity index (χ3v) is 10.6. The number of carbonyl (C=O) groups is 1. The number of fused-ring (bicyclic) bond motifs is 1. The van der Waals surface area contributed by atoms with Gasteiger partial charge in [0.2, 0.25) is 5.88 Å². The summed E-state index contributed by atoms with van der Waals surface area (Å²) in [4.78, 5) is 28.0. The molecule has 0 bridgehead atoms. The molecule has 14 heteroatoms. The van der Waals surface area contributed by atoms with Gasteiger partial charge in [0.25, 0.3) is 15.9 Å². The van der Waals surface area contributed by atoms with Crippen LogP contribution in [0.2, 0.25) is 5.15 Å². The first-order valence-electron chi connectivity index (χ1n) is 15.2. The molecule has 248 valence electrons. The molecule has 12 nitrogen and oxygen atoms in total. The molecule has 6 rings (SSSR count). The Labute approximate surface area is 284 Å². The van der Waals surface area contributed by atoms with Crippen molar-refractivity contribution in [2.24, 2.45) is 0 Å². The predicted molar refractivity (Wildman–Crippen MR) is 179 cm³/mol. The Kier molecular flexibility index (Phi) is 8.91. The van der Waals surface area contributed by atoms with Crippen molar-refractivity contribution in [3.05, 3.63) is 94.4 Å². The van der Waals surface area contributed by atoms with E-state index >= 15 is 4.79 Å². The second kappa shape index (κ2) is 13.0.